The summed E-state index contributed by atoms with van der Waals surface area (Å²) in [6, 6.07) is 22.5. The molecule has 228 valence electrons. The van der Waals surface area contributed by atoms with Gasteiger partial charge in [0, 0.05) is 61.7 Å². The van der Waals surface area contributed by atoms with Gasteiger partial charge in [0.05, 0.1) is 17.3 Å². The van der Waals surface area contributed by atoms with Gasteiger partial charge in [0.1, 0.15) is 5.69 Å². The number of hydrogen-bond acceptors (Lipinski definition) is 7. The second kappa shape index (κ2) is 13.8. The van der Waals surface area contributed by atoms with Crippen molar-refractivity contribution in [1.29, 1.82) is 5.26 Å². The Balaban J connectivity index is 0.947. The highest BCUT2D eigenvalue weighted by Crippen LogP contribution is 2.25. The molecule has 0 radical (unpaired) electrons. The standard InChI is InChI=1S/C36H36N6O3/c37-23-27-2-4-28(5-3-27)25-40-18-12-26(13-19-40)22-34(43)31-8-11-33(38-24-31)36(45)41-20-14-30(15-21-41)35(44)29-6-9-32(10-7-29)42-17-1-16-39-42/h1-11,16-17,24,26,30H,12-15,18-22,25H2. The summed E-state index contributed by atoms with van der Waals surface area (Å²) in [6.45, 7) is 3.70. The summed E-state index contributed by atoms with van der Waals surface area (Å²) in [5.74, 6) is 0.198. The van der Waals surface area contributed by atoms with Crippen LogP contribution >= 0.6 is 0 Å². The van der Waals surface area contributed by atoms with Gasteiger partial charge < -0.3 is 4.90 Å². The molecule has 2 saturated heterocycles. The number of amides is 1. The summed E-state index contributed by atoms with van der Waals surface area (Å²) in [6.07, 6.45) is 8.71. The second-order valence-corrected chi connectivity index (χ2v) is 12.0. The predicted molar refractivity (Wildman–Crippen MR) is 169 cm³/mol. The van der Waals surface area contributed by atoms with Crippen LogP contribution in [0.2, 0.25) is 0 Å². The van der Waals surface area contributed by atoms with E-state index in [1.807, 2.05) is 60.8 Å². The largest absolute Gasteiger partial charge is 0.337 e. The predicted octanol–water partition coefficient (Wildman–Crippen LogP) is 5.36. The van der Waals surface area contributed by atoms with E-state index in [1.54, 1.807) is 27.9 Å². The van der Waals surface area contributed by atoms with Crippen molar-refractivity contribution < 1.29 is 14.4 Å². The van der Waals surface area contributed by atoms with Crippen LogP contribution in [-0.2, 0) is 6.54 Å². The first-order valence-corrected chi connectivity index (χ1v) is 15.6. The summed E-state index contributed by atoms with van der Waals surface area (Å²) in [4.78, 5) is 47.8. The molecule has 2 aliphatic rings. The molecule has 45 heavy (non-hydrogen) atoms. The number of ketones is 2. The second-order valence-electron chi connectivity index (χ2n) is 12.0. The zero-order valence-electron chi connectivity index (χ0n) is 25.2. The number of rotatable bonds is 9. The highest BCUT2D eigenvalue weighted by atomic mass is 16.2. The van der Waals surface area contributed by atoms with Crippen molar-refractivity contribution >= 4 is 17.5 Å². The Morgan fingerprint density at radius 1 is 0.844 bits per heavy atom. The number of benzene rings is 2. The van der Waals surface area contributed by atoms with Crippen LogP contribution in [0, 0.1) is 23.2 Å². The maximum absolute atomic E-state index is 13.2. The highest BCUT2D eigenvalue weighted by molar-refractivity contribution is 5.99. The lowest BCUT2D eigenvalue weighted by Crippen LogP contribution is -2.40. The summed E-state index contributed by atoms with van der Waals surface area (Å²) in [7, 11) is 0. The number of Topliss-reactive ketones (excluding diaryl/α,β-unsaturated/α-hetero) is 2. The van der Waals surface area contributed by atoms with Crippen LogP contribution in [-0.4, -0.2) is 68.2 Å². The first-order valence-electron chi connectivity index (χ1n) is 15.6. The fraction of sp³-hybridized carbons (Fsp3) is 0.333. The fourth-order valence-electron chi connectivity index (χ4n) is 6.30. The minimum Gasteiger partial charge on any atom is -0.337 e. The van der Waals surface area contributed by atoms with Crippen LogP contribution in [0.4, 0.5) is 0 Å². The maximum Gasteiger partial charge on any atom is 0.272 e. The number of aromatic nitrogens is 3. The first-order chi connectivity index (χ1) is 22.0. The van der Waals surface area contributed by atoms with Gasteiger partial charge in [-0.3, -0.25) is 24.3 Å². The summed E-state index contributed by atoms with van der Waals surface area (Å²) in [5, 5.41) is 13.2. The van der Waals surface area contributed by atoms with E-state index < -0.39 is 0 Å². The lowest BCUT2D eigenvalue weighted by atomic mass is 9.88. The van der Waals surface area contributed by atoms with Crippen molar-refractivity contribution in [3.05, 3.63) is 113 Å². The zero-order valence-corrected chi connectivity index (χ0v) is 25.2. The van der Waals surface area contributed by atoms with Crippen molar-refractivity contribution in [1.82, 2.24) is 24.6 Å². The molecule has 0 aliphatic carbocycles. The van der Waals surface area contributed by atoms with E-state index in [0.29, 0.717) is 60.7 Å². The van der Waals surface area contributed by atoms with Gasteiger partial charge in [0.25, 0.3) is 5.91 Å². The van der Waals surface area contributed by atoms with E-state index in [0.717, 1.165) is 38.2 Å². The number of nitriles is 1. The van der Waals surface area contributed by atoms with E-state index in [1.165, 1.54) is 11.8 Å². The molecule has 2 aromatic heterocycles. The third-order valence-corrected chi connectivity index (χ3v) is 9.05. The van der Waals surface area contributed by atoms with Crippen LogP contribution in [0.25, 0.3) is 5.69 Å². The topological polar surface area (TPSA) is 112 Å². The number of pyridine rings is 1. The summed E-state index contributed by atoms with van der Waals surface area (Å²) >= 11 is 0. The number of nitrogens with zero attached hydrogens (tertiary/aromatic N) is 6. The van der Waals surface area contributed by atoms with Crippen molar-refractivity contribution in [2.45, 2.75) is 38.6 Å². The maximum atomic E-state index is 13.2. The number of likely N-dealkylation sites (tertiary alicyclic amines) is 2. The minimum atomic E-state index is -0.168. The number of hydrogen-bond donors (Lipinski definition) is 0. The molecule has 2 aliphatic heterocycles. The molecule has 0 saturated carbocycles. The van der Waals surface area contributed by atoms with Crippen molar-refractivity contribution in [3.8, 4) is 11.8 Å². The molecule has 6 rings (SSSR count). The molecular weight excluding hydrogens is 564 g/mol. The van der Waals surface area contributed by atoms with Gasteiger partial charge in [-0.1, -0.05) is 12.1 Å². The van der Waals surface area contributed by atoms with Crippen LogP contribution in [0.3, 0.4) is 0 Å². The zero-order chi connectivity index (χ0) is 31.2. The van der Waals surface area contributed by atoms with Crippen LogP contribution in [0.5, 0.6) is 0 Å². The third-order valence-electron chi connectivity index (χ3n) is 9.05. The summed E-state index contributed by atoms with van der Waals surface area (Å²) in [5.41, 5.74) is 4.29. The Morgan fingerprint density at radius 3 is 2.18 bits per heavy atom. The van der Waals surface area contributed by atoms with Gasteiger partial charge in [-0.15, -0.1) is 0 Å². The molecule has 0 N–H and O–H groups in total. The third kappa shape index (κ3) is 7.24. The molecular formula is C36H36N6O3. The molecule has 2 fully saturated rings. The molecule has 4 heterocycles. The Morgan fingerprint density at radius 2 is 1.56 bits per heavy atom. The minimum absolute atomic E-state index is 0.0593. The van der Waals surface area contributed by atoms with E-state index in [2.05, 4.69) is 21.1 Å². The van der Waals surface area contributed by atoms with Crippen molar-refractivity contribution in [2.24, 2.45) is 11.8 Å². The van der Waals surface area contributed by atoms with Gasteiger partial charge in [-0.25, -0.2) is 4.68 Å². The fourth-order valence-corrected chi connectivity index (χ4v) is 6.30. The lowest BCUT2D eigenvalue weighted by Gasteiger charge is -2.31. The molecule has 1 amide bonds. The van der Waals surface area contributed by atoms with Gasteiger partial charge in [0.15, 0.2) is 11.6 Å². The van der Waals surface area contributed by atoms with Gasteiger partial charge in [-0.2, -0.15) is 10.4 Å². The lowest BCUT2D eigenvalue weighted by molar-refractivity contribution is 0.0645. The smallest absolute Gasteiger partial charge is 0.272 e. The van der Waals surface area contributed by atoms with E-state index >= 15 is 0 Å². The first kappa shape index (κ1) is 30.1. The van der Waals surface area contributed by atoms with E-state index in [9.17, 15) is 14.4 Å². The molecule has 0 spiro atoms. The average molecular weight is 601 g/mol. The molecule has 2 aromatic carbocycles. The molecule has 9 nitrogen and oxygen atoms in total. The van der Waals surface area contributed by atoms with Crippen molar-refractivity contribution in [2.75, 3.05) is 26.2 Å². The number of carbonyl (C=O) groups excluding carboxylic acids is 3. The van der Waals surface area contributed by atoms with Crippen LogP contribution < -0.4 is 0 Å². The quantitative estimate of drug-likeness (QED) is 0.238. The molecule has 0 unspecified atom stereocenters. The Kier molecular flexibility index (Phi) is 9.22. The van der Waals surface area contributed by atoms with Gasteiger partial charge >= 0.3 is 0 Å². The van der Waals surface area contributed by atoms with Crippen molar-refractivity contribution in [3.63, 3.8) is 0 Å². The number of piperidine rings is 2. The number of carbonyl (C=O) groups is 3. The SMILES string of the molecule is N#Cc1ccc(CN2CCC(CC(=O)c3ccc(C(=O)N4CCC(C(=O)c5ccc(-n6cccn6)cc5)CC4)nc3)CC2)cc1. The monoisotopic (exact) mass is 600 g/mol. The van der Waals surface area contributed by atoms with Gasteiger partial charge in [0.2, 0.25) is 0 Å². The normalized spacial score (nSPS) is 16.3. The van der Waals surface area contributed by atoms with E-state index in [4.69, 9.17) is 5.26 Å². The van der Waals surface area contributed by atoms with E-state index in [-0.39, 0.29) is 23.4 Å². The Bertz CT molecular complexity index is 1660. The molecule has 9 heteroatoms. The average Bonchev–Trinajstić information content (AvgIpc) is 3.64. The molecule has 4 aromatic rings. The molecule has 0 bridgehead atoms. The Labute approximate surface area is 263 Å². The highest BCUT2D eigenvalue weighted by Gasteiger charge is 2.29. The Hall–Kier alpha value is -4.94. The molecule has 0 atom stereocenters. The van der Waals surface area contributed by atoms with Crippen LogP contribution in [0.1, 0.15) is 74.4 Å². The summed E-state index contributed by atoms with van der Waals surface area (Å²) < 4.78 is 1.75. The van der Waals surface area contributed by atoms with Gasteiger partial charge in [-0.05, 0) is 105 Å². The van der Waals surface area contributed by atoms with Crippen LogP contribution in [0.15, 0.2) is 85.3 Å².